The summed E-state index contributed by atoms with van der Waals surface area (Å²) in [6, 6.07) is 24.2. The van der Waals surface area contributed by atoms with Crippen LogP contribution >= 0.6 is 21.6 Å². The molecule has 0 aliphatic carbocycles. The van der Waals surface area contributed by atoms with Gasteiger partial charge in [0, 0.05) is 20.9 Å². The second kappa shape index (κ2) is 13.9. The van der Waals surface area contributed by atoms with E-state index in [-0.39, 0.29) is 11.9 Å². The molecule has 6 N–H and O–H groups in total. The first kappa shape index (κ1) is 32.7. The van der Waals surface area contributed by atoms with Crippen molar-refractivity contribution in [2.24, 2.45) is 0 Å². The minimum Gasteiger partial charge on any atom is -0.368 e. The van der Waals surface area contributed by atoms with Gasteiger partial charge in [-0.1, -0.05) is 45.9 Å². The molecule has 48 heavy (non-hydrogen) atoms. The average molecular weight is 673 g/mol. The number of nitrogen functional groups attached to an aromatic ring is 2. The fourth-order valence-corrected chi connectivity index (χ4v) is 7.38. The van der Waals surface area contributed by atoms with Crippen molar-refractivity contribution >= 4 is 56.8 Å². The van der Waals surface area contributed by atoms with Crippen molar-refractivity contribution < 1.29 is 0 Å². The largest absolute Gasteiger partial charge is 0.368 e. The predicted octanol–water partition coefficient (Wildman–Crippen LogP) is 8.69. The van der Waals surface area contributed by atoms with Gasteiger partial charge in [-0.2, -0.15) is 29.9 Å². The van der Waals surface area contributed by atoms with Gasteiger partial charge in [0.25, 0.3) is 0 Å². The molecule has 12 heteroatoms. The van der Waals surface area contributed by atoms with Crippen molar-refractivity contribution in [2.45, 2.75) is 51.3 Å². The van der Waals surface area contributed by atoms with Crippen LogP contribution in [0.3, 0.4) is 0 Å². The third-order valence-corrected chi connectivity index (χ3v) is 10.6. The number of anilines is 6. The van der Waals surface area contributed by atoms with E-state index in [9.17, 15) is 0 Å². The maximum atomic E-state index is 6.14. The Hall–Kier alpha value is -5.20. The van der Waals surface area contributed by atoms with Crippen LogP contribution in [-0.2, 0) is 0 Å². The number of para-hydroxylation sites is 2. The maximum Gasteiger partial charge on any atom is 0.232 e. The van der Waals surface area contributed by atoms with Crippen molar-refractivity contribution in [3.8, 4) is 22.8 Å². The smallest absolute Gasteiger partial charge is 0.232 e. The van der Waals surface area contributed by atoms with Gasteiger partial charge in [0.15, 0.2) is 11.6 Å². The van der Waals surface area contributed by atoms with Crippen LogP contribution in [0, 0.1) is 41.5 Å². The van der Waals surface area contributed by atoms with E-state index in [1.165, 1.54) is 33.4 Å². The van der Waals surface area contributed by atoms with E-state index in [0.29, 0.717) is 23.5 Å². The highest BCUT2D eigenvalue weighted by molar-refractivity contribution is 8.76. The minimum atomic E-state index is 0.146. The fraction of sp³-hybridized carbons (Fsp3) is 0.167. The Bertz CT molecular complexity index is 1950. The number of nitrogens with two attached hydrogens (primary N) is 2. The molecule has 2 aromatic heterocycles. The molecular formula is C36H36N10S2. The van der Waals surface area contributed by atoms with Gasteiger partial charge in [0.2, 0.25) is 23.8 Å². The number of nitrogens with zero attached hydrogens (tertiary/aromatic N) is 6. The highest BCUT2D eigenvalue weighted by Gasteiger charge is 2.15. The third kappa shape index (κ3) is 7.35. The molecule has 10 nitrogen and oxygen atoms in total. The average Bonchev–Trinajstić information content (AvgIpc) is 3.05. The lowest BCUT2D eigenvalue weighted by Crippen LogP contribution is -2.06. The van der Waals surface area contributed by atoms with E-state index in [1.807, 2.05) is 48.5 Å². The molecular weight excluding hydrogens is 637 g/mol. The van der Waals surface area contributed by atoms with Crippen LogP contribution in [0.2, 0.25) is 0 Å². The number of rotatable bonds is 9. The molecule has 0 fully saturated rings. The Labute approximate surface area is 288 Å². The molecule has 242 valence electrons. The van der Waals surface area contributed by atoms with Crippen molar-refractivity contribution in [3.05, 3.63) is 106 Å². The summed E-state index contributed by atoms with van der Waals surface area (Å²) in [5, 5.41) is 6.72. The van der Waals surface area contributed by atoms with E-state index < -0.39 is 0 Å². The maximum absolute atomic E-state index is 6.14. The van der Waals surface area contributed by atoms with Gasteiger partial charge in [-0.25, -0.2) is 0 Å². The summed E-state index contributed by atoms with van der Waals surface area (Å²) in [6.45, 7) is 12.5. The zero-order chi connectivity index (χ0) is 33.9. The summed E-state index contributed by atoms with van der Waals surface area (Å²) < 4.78 is 0. The first-order valence-corrected chi connectivity index (χ1v) is 17.4. The Morgan fingerprint density at radius 3 is 1.21 bits per heavy atom. The van der Waals surface area contributed by atoms with Crippen LogP contribution in [0.15, 0.2) is 82.6 Å². The van der Waals surface area contributed by atoms with Gasteiger partial charge < -0.3 is 22.1 Å². The number of aromatic nitrogens is 6. The van der Waals surface area contributed by atoms with Crippen LogP contribution in [0.4, 0.5) is 35.2 Å². The molecule has 0 radical (unpaired) electrons. The second-order valence-electron chi connectivity index (χ2n) is 11.6. The highest BCUT2D eigenvalue weighted by Crippen LogP contribution is 2.44. The molecule has 4 aromatic carbocycles. The molecule has 2 heterocycles. The van der Waals surface area contributed by atoms with Crippen LogP contribution in [-0.4, -0.2) is 29.9 Å². The second-order valence-corrected chi connectivity index (χ2v) is 13.8. The molecule has 0 bridgehead atoms. The van der Waals surface area contributed by atoms with Gasteiger partial charge in [0.1, 0.15) is 0 Å². The molecule has 0 spiro atoms. The number of aryl methyl sites for hydroxylation is 4. The van der Waals surface area contributed by atoms with Crippen molar-refractivity contribution in [1.29, 1.82) is 0 Å². The lowest BCUT2D eigenvalue weighted by Gasteiger charge is -2.14. The van der Waals surface area contributed by atoms with E-state index in [4.69, 9.17) is 21.4 Å². The number of hydrogen-bond donors (Lipinski definition) is 4. The summed E-state index contributed by atoms with van der Waals surface area (Å²) in [6.07, 6.45) is 0. The summed E-state index contributed by atoms with van der Waals surface area (Å²) in [5.41, 5.74) is 22.9. The Kier molecular flexibility index (Phi) is 9.47. The Morgan fingerprint density at radius 1 is 0.479 bits per heavy atom. The van der Waals surface area contributed by atoms with E-state index in [2.05, 4.69) is 96.4 Å². The monoisotopic (exact) mass is 672 g/mol. The first-order valence-electron chi connectivity index (χ1n) is 15.3. The van der Waals surface area contributed by atoms with Crippen LogP contribution in [0.1, 0.15) is 33.4 Å². The van der Waals surface area contributed by atoms with Gasteiger partial charge in [-0.15, -0.1) is 0 Å². The van der Waals surface area contributed by atoms with E-state index >= 15 is 0 Å². The first-order chi connectivity index (χ1) is 23.0. The summed E-state index contributed by atoms with van der Waals surface area (Å²) >= 11 is 0. The number of hydrogen-bond acceptors (Lipinski definition) is 12. The lowest BCUT2D eigenvalue weighted by atomic mass is 10.0. The van der Waals surface area contributed by atoms with Crippen LogP contribution in [0.25, 0.3) is 22.8 Å². The molecule has 0 saturated carbocycles. The van der Waals surface area contributed by atoms with Crippen LogP contribution < -0.4 is 22.1 Å². The molecule has 0 amide bonds. The topological polar surface area (TPSA) is 153 Å². The SMILES string of the molecule is Cc1cc(-c2nc(N)nc(Nc3ccccc3SSc3ccccc3Nc3nc(N)nc(-c4cc(C)c(C)c(C)c4)n3)n2)cc(C)c1C. The zero-order valence-electron chi connectivity index (χ0n) is 27.6. The molecule has 6 aromatic rings. The number of benzene rings is 4. The fourth-order valence-electron chi connectivity index (χ4n) is 5.10. The van der Waals surface area contributed by atoms with Gasteiger partial charge in [-0.05, 0) is 123 Å². The summed E-state index contributed by atoms with van der Waals surface area (Å²) in [7, 11) is 3.19. The van der Waals surface area contributed by atoms with Crippen molar-refractivity contribution in [2.75, 3.05) is 22.1 Å². The van der Waals surface area contributed by atoms with E-state index in [1.54, 1.807) is 21.6 Å². The Balaban J connectivity index is 1.22. The molecule has 0 unspecified atom stereocenters. The van der Waals surface area contributed by atoms with E-state index in [0.717, 1.165) is 32.3 Å². The quantitative estimate of drug-likeness (QED) is 0.109. The molecule has 0 atom stereocenters. The third-order valence-electron chi connectivity index (χ3n) is 8.16. The Morgan fingerprint density at radius 2 is 0.833 bits per heavy atom. The van der Waals surface area contributed by atoms with Gasteiger partial charge in [-0.3, -0.25) is 0 Å². The van der Waals surface area contributed by atoms with Crippen molar-refractivity contribution in [3.63, 3.8) is 0 Å². The molecule has 6 rings (SSSR count). The minimum absolute atomic E-state index is 0.146. The lowest BCUT2D eigenvalue weighted by molar-refractivity contribution is 1.07. The number of nitrogens with one attached hydrogen (secondary N) is 2. The van der Waals surface area contributed by atoms with Crippen molar-refractivity contribution in [1.82, 2.24) is 29.9 Å². The molecule has 0 saturated heterocycles. The summed E-state index contributed by atoms with van der Waals surface area (Å²) in [5.74, 6) is 2.07. The predicted molar refractivity (Wildman–Crippen MR) is 199 cm³/mol. The molecule has 0 aliphatic heterocycles. The van der Waals surface area contributed by atoms with Gasteiger partial charge >= 0.3 is 0 Å². The standard InChI is InChI=1S/C36H36N10S2/c1-19-15-25(16-20(2)23(19)5)31-41-33(37)45-35(43-31)39-27-11-7-9-13-29(27)47-48-30-14-10-8-12-28(30)40-36-44-32(42-34(38)46-36)26-17-21(3)24(6)22(4)18-26/h7-18H,1-6H3,(H3,37,39,41,43,45)(H3,38,40,42,44,46). The summed E-state index contributed by atoms with van der Waals surface area (Å²) in [4.78, 5) is 29.0. The highest BCUT2D eigenvalue weighted by atomic mass is 33.1. The van der Waals surface area contributed by atoms with Crippen LogP contribution in [0.5, 0.6) is 0 Å². The normalized spacial score (nSPS) is 11.0. The zero-order valence-corrected chi connectivity index (χ0v) is 29.2. The van der Waals surface area contributed by atoms with Gasteiger partial charge in [0.05, 0.1) is 11.4 Å². The molecule has 0 aliphatic rings.